The third kappa shape index (κ3) is 3.14. The minimum absolute atomic E-state index is 0.0667. The Hall–Kier alpha value is -3.61. The number of nitrogens with zero attached hydrogens (tertiary/aromatic N) is 4. The van der Waals surface area contributed by atoms with Gasteiger partial charge in [-0.05, 0) is 18.9 Å². The molecule has 0 aliphatic carbocycles. The van der Waals surface area contributed by atoms with E-state index in [-0.39, 0.29) is 24.4 Å². The number of imidazole rings is 1. The van der Waals surface area contributed by atoms with Gasteiger partial charge in [0.05, 0.1) is 46.4 Å². The van der Waals surface area contributed by atoms with Crippen molar-refractivity contribution in [3.05, 3.63) is 68.7 Å². The van der Waals surface area contributed by atoms with Gasteiger partial charge in [0.2, 0.25) is 5.91 Å². The smallest absolute Gasteiger partial charge is 0.352 e. The second kappa shape index (κ2) is 8.01. The SMILES string of the molecule is C[C@@H](O)[C@H]1C(=O)N2C(C(=O)O)=C(c3sc4cncn4c3CO)C(Cc3ccc([N+](=O)[O-])cc3)[C@H]12. The number of carbonyl (C=O) groups is 2. The maximum atomic E-state index is 12.9. The summed E-state index contributed by atoms with van der Waals surface area (Å²) in [5.74, 6) is -3.02. The van der Waals surface area contributed by atoms with E-state index >= 15 is 0 Å². The quantitative estimate of drug-likeness (QED) is 0.259. The minimum atomic E-state index is -1.27. The van der Waals surface area contributed by atoms with Crippen molar-refractivity contribution in [2.45, 2.75) is 32.1 Å². The molecule has 176 valence electrons. The van der Waals surface area contributed by atoms with Gasteiger partial charge in [-0.25, -0.2) is 9.78 Å². The molecule has 34 heavy (non-hydrogen) atoms. The zero-order valence-electron chi connectivity index (χ0n) is 17.9. The predicted octanol–water partition coefficient (Wildman–Crippen LogP) is 1.67. The molecule has 3 aromatic rings. The lowest BCUT2D eigenvalue weighted by molar-refractivity contribution is -0.384. The van der Waals surface area contributed by atoms with Crippen LogP contribution >= 0.6 is 11.3 Å². The molecule has 5 rings (SSSR count). The fraction of sp³-hybridized carbons (Fsp3) is 0.318. The molecule has 2 aliphatic heterocycles. The second-order valence-corrected chi connectivity index (χ2v) is 9.44. The molecular formula is C22H20N4O7S. The van der Waals surface area contributed by atoms with Gasteiger partial charge in [0, 0.05) is 23.6 Å². The van der Waals surface area contributed by atoms with E-state index in [9.17, 15) is 35.0 Å². The highest BCUT2D eigenvalue weighted by Crippen LogP contribution is 2.53. The van der Waals surface area contributed by atoms with Crippen LogP contribution in [0.2, 0.25) is 0 Å². The number of thiazole rings is 1. The van der Waals surface area contributed by atoms with E-state index in [2.05, 4.69) is 4.98 Å². The molecule has 1 fully saturated rings. The number of aliphatic hydroxyl groups excluding tert-OH is 2. The van der Waals surface area contributed by atoms with Crippen molar-refractivity contribution in [2.24, 2.45) is 11.8 Å². The number of rotatable bonds is 7. The number of nitro groups is 1. The number of benzene rings is 1. The first-order chi connectivity index (χ1) is 16.2. The van der Waals surface area contributed by atoms with Gasteiger partial charge in [-0.15, -0.1) is 11.3 Å². The number of aliphatic carboxylic acids is 1. The van der Waals surface area contributed by atoms with Crippen LogP contribution in [-0.4, -0.2) is 58.5 Å². The van der Waals surface area contributed by atoms with E-state index in [0.29, 0.717) is 21.0 Å². The largest absolute Gasteiger partial charge is 0.477 e. The van der Waals surface area contributed by atoms with Crippen molar-refractivity contribution in [2.75, 3.05) is 0 Å². The summed E-state index contributed by atoms with van der Waals surface area (Å²) in [6.07, 6.45) is 2.44. The molecule has 2 aliphatic rings. The average Bonchev–Trinajstić information content (AvgIpc) is 3.43. The zero-order valence-corrected chi connectivity index (χ0v) is 18.7. The summed E-state index contributed by atoms with van der Waals surface area (Å²) < 4.78 is 1.68. The van der Waals surface area contributed by atoms with Crippen molar-refractivity contribution in [3.63, 3.8) is 0 Å². The molecular weight excluding hydrogens is 464 g/mol. The lowest BCUT2D eigenvalue weighted by Gasteiger charge is -2.47. The molecule has 12 heteroatoms. The Kier molecular flexibility index (Phi) is 5.23. The lowest BCUT2D eigenvalue weighted by Crippen LogP contribution is -2.64. The Morgan fingerprint density at radius 3 is 2.62 bits per heavy atom. The average molecular weight is 484 g/mol. The van der Waals surface area contributed by atoms with Crippen molar-refractivity contribution < 1.29 is 29.8 Å². The predicted molar refractivity (Wildman–Crippen MR) is 120 cm³/mol. The van der Waals surface area contributed by atoms with Crippen LogP contribution in [0.15, 0.2) is 42.5 Å². The van der Waals surface area contributed by atoms with E-state index in [1.165, 1.54) is 41.6 Å². The molecule has 2 aromatic heterocycles. The van der Waals surface area contributed by atoms with Crippen LogP contribution in [0.3, 0.4) is 0 Å². The van der Waals surface area contributed by atoms with E-state index < -0.39 is 40.8 Å². The van der Waals surface area contributed by atoms with Gasteiger partial charge in [-0.1, -0.05) is 12.1 Å². The number of nitro benzene ring substituents is 1. The number of non-ortho nitro benzene ring substituents is 1. The van der Waals surface area contributed by atoms with Crippen LogP contribution < -0.4 is 0 Å². The Labute approximate surface area is 196 Å². The molecule has 0 bridgehead atoms. The van der Waals surface area contributed by atoms with Crippen molar-refractivity contribution in [3.8, 4) is 0 Å². The molecule has 1 saturated heterocycles. The summed E-state index contributed by atoms with van der Waals surface area (Å²) in [7, 11) is 0. The summed E-state index contributed by atoms with van der Waals surface area (Å²) in [5.41, 5.74) is 1.36. The molecule has 0 radical (unpaired) electrons. The van der Waals surface area contributed by atoms with E-state index in [1.807, 2.05) is 0 Å². The fourth-order valence-electron chi connectivity index (χ4n) is 5.11. The number of hydrogen-bond donors (Lipinski definition) is 3. The summed E-state index contributed by atoms with van der Waals surface area (Å²) in [6.45, 7) is 1.13. The zero-order chi connectivity index (χ0) is 24.3. The van der Waals surface area contributed by atoms with E-state index in [0.717, 1.165) is 5.56 Å². The number of β-lactam (4-membered cyclic amide) rings is 1. The normalized spacial score (nSPS) is 22.7. The molecule has 1 unspecified atom stereocenters. The third-order valence-corrected chi connectivity index (χ3v) is 7.72. The van der Waals surface area contributed by atoms with E-state index in [4.69, 9.17) is 0 Å². The lowest BCUT2D eigenvalue weighted by atomic mass is 9.74. The molecule has 11 nitrogen and oxygen atoms in total. The van der Waals surface area contributed by atoms with Crippen molar-refractivity contribution in [1.29, 1.82) is 0 Å². The van der Waals surface area contributed by atoms with Gasteiger partial charge in [0.1, 0.15) is 16.9 Å². The Morgan fingerprint density at radius 2 is 2.03 bits per heavy atom. The van der Waals surface area contributed by atoms with Crippen LogP contribution in [-0.2, 0) is 22.6 Å². The third-order valence-electron chi connectivity index (χ3n) is 6.55. The molecule has 4 atom stereocenters. The topological polar surface area (TPSA) is 159 Å². The maximum Gasteiger partial charge on any atom is 0.352 e. The molecule has 4 heterocycles. The highest BCUT2D eigenvalue weighted by Gasteiger charge is 2.61. The number of amides is 1. The highest BCUT2D eigenvalue weighted by molar-refractivity contribution is 7.18. The Morgan fingerprint density at radius 1 is 1.32 bits per heavy atom. The van der Waals surface area contributed by atoms with Gasteiger partial charge in [0.25, 0.3) is 5.69 Å². The summed E-state index contributed by atoms with van der Waals surface area (Å²) >= 11 is 1.27. The number of carboxylic acids is 1. The first kappa shape index (κ1) is 22.2. The Bertz CT molecular complexity index is 1360. The Balaban J connectivity index is 1.67. The first-order valence-corrected chi connectivity index (χ1v) is 11.3. The van der Waals surface area contributed by atoms with Gasteiger partial charge in [0.15, 0.2) is 0 Å². The first-order valence-electron chi connectivity index (χ1n) is 10.5. The molecule has 1 aromatic carbocycles. The van der Waals surface area contributed by atoms with Crippen LogP contribution in [0.5, 0.6) is 0 Å². The van der Waals surface area contributed by atoms with Gasteiger partial charge in [-0.2, -0.15) is 0 Å². The van der Waals surface area contributed by atoms with Gasteiger partial charge >= 0.3 is 5.97 Å². The number of aromatic nitrogens is 2. The van der Waals surface area contributed by atoms with Gasteiger partial charge < -0.3 is 20.2 Å². The minimum Gasteiger partial charge on any atom is -0.477 e. The molecule has 3 N–H and O–H groups in total. The van der Waals surface area contributed by atoms with Crippen LogP contribution in [0.4, 0.5) is 5.69 Å². The molecule has 0 saturated carbocycles. The maximum absolute atomic E-state index is 12.9. The summed E-state index contributed by atoms with van der Waals surface area (Å²) in [5, 5.41) is 41.6. The standard InChI is InChI=1S/C22H20N4O7S/c1-10(28)16-18-13(6-11-2-4-12(5-3-11)26(32)33)17(19(22(30)31)25(18)21(16)29)20-14(8-27)24-9-23-7-15(24)34-20/h2-5,7,9-10,13,16,18,27-28H,6,8H2,1H3,(H,30,31)/t10-,13?,16-,18-/m1/s1. The van der Waals surface area contributed by atoms with E-state index in [1.54, 1.807) is 22.7 Å². The highest BCUT2D eigenvalue weighted by atomic mass is 32.1. The van der Waals surface area contributed by atoms with Crippen LogP contribution in [0.25, 0.3) is 10.4 Å². The monoisotopic (exact) mass is 484 g/mol. The number of aliphatic hydroxyl groups is 2. The van der Waals surface area contributed by atoms with Gasteiger partial charge in [-0.3, -0.25) is 19.3 Å². The summed E-state index contributed by atoms with van der Waals surface area (Å²) in [6, 6.07) is 5.37. The second-order valence-electron chi connectivity index (χ2n) is 8.40. The number of carbonyl (C=O) groups excluding carboxylic acids is 1. The molecule has 0 spiro atoms. The van der Waals surface area contributed by atoms with Crippen molar-refractivity contribution in [1.82, 2.24) is 14.3 Å². The summed E-state index contributed by atoms with van der Waals surface area (Å²) in [4.78, 5) is 42.4. The number of carboxylic acid groups (broad SMARTS) is 1. The number of hydrogen-bond acceptors (Lipinski definition) is 8. The number of fused-ring (bicyclic) bond motifs is 2. The van der Waals surface area contributed by atoms with Crippen LogP contribution in [0.1, 0.15) is 23.1 Å². The van der Waals surface area contributed by atoms with Crippen LogP contribution in [0, 0.1) is 22.0 Å². The fourth-order valence-corrected chi connectivity index (χ4v) is 6.32. The molecule has 1 amide bonds. The van der Waals surface area contributed by atoms with Crippen molar-refractivity contribution >= 4 is 39.3 Å².